The lowest BCUT2D eigenvalue weighted by atomic mass is 9.53. The largest absolute Gasteiger partial charge is 0.349 e. The summed E-state index contributed by atoms with van der Waals surface area (Å²) in [6.45, 7) is 0.336. The lowest BCUT2D eigenvalue weighted by Crippen LogP contribution is -2.60. The first-order valence-corrected chi connectivity index (χ1v) is 9.54. The number of rotatable bonds is 3. The Hall–Kier alpha value is -2.10. The van der Waals surface area contributed by atoms with E-state index in [0.717, 1.165) is 28.7 Å². The van der Waals surface area contributed by atoms with Crippen molar-refractivity contribution in [2.24, 2.45) is 17.8 Å². The molecule has 2 aromatic rings. The minimum atomic E-state index is 0.0670. The zero-order chi connectivity index (χ0) is 17.0. The van der Waals surface area contributed by atoms with E-state index in [4.69, 9.17) is 5.41 Å². The number of fused-ring (bicyclic) bond motifs is 1. The third kappa shape index (κ3) is 2.59. The monoisotopic (exact) mass is 335 g/mol. The quantitative estimate of drug-likeness (QED) is 0.889. The Balaban J connectivity index is 1.38. The number of nitrogens with one attached hydrogen (secondary N) is 2. The number of nitrogens with zero attached hydrogens (tertiary/aromatic N) is 1. The van der Waals surface area contributed by atoms with Gasteiger partial charge in [0.05, 0.1) is 10.9 Å². The number of para-hydroxylation sites is 1. The number of aromatic nitrogens is 1. The van der Waals surface area contributed by atoms with Crippen LogP contribution in [0.5, 0.6) is 0 Å². The second-order valence-corrected chi connectivity index (χ2v) is 8.62. The molecule has 0 saturated heterocycles. The highest BCUT2D eigenvalue weighted by Gasteiger charge is 2.51. The Morgan fingerprint density at radius 2 is 1.72 bits per heavy atom. The van der Waals surface area contributed by atoms with Crippen molar-refractivity contribution >= 4 is 16.8 Å². The van der Waals surface area contributed by atoms with Gasteiger partial charge in [0.25, 0.3) is 0 Å². The first-order chi connectivity index (χ1) is 12.1. The zero-order valence-corrected chi connectivity index (χ0v) is 14.5. The van der Waals surface area contributed by atoms with Gasteiger partial charge in [-0.3, -0.25) is 4.79 Å². The summed E-state index contributed by atoms with van der Waals surface area (Å²) < 4.78 is 1.98. The molecule has 1 amide bonds. The zero-order valence-electron chi connectivity index (χ0n) is 14.5. The predicted molar refractivity (Wildman–Crippen MR) is 96.8 cm³/mol. The van der Waals surface area contributed by atoms with Crippen molar-refractivity contribution in [1.29, 1.82) is 5.41 Å². The van der Waals surface area contributed by atoms with Gasteiger partial charge in [0, 0.05) is 17.1 Å². The second kappa shape index (κ2) is 5.45. The molecular formula is C21H25N3O. The van der Waals surface area contributed by atoms with Crippen LogP contribution in [0.1, 0.15) is 38.5 Å². The fourth-order valence-corrected chi connectivity index (χ4v) is 6.18. The van der Waals surface area contributed by atoms with E-state index in [0.29, 0.717) is 11.9 Å². The minimum absolute atomic E-state index is 0.0670. The Morgan fingerprint density at radius 3 is 2.40 bits per heavy atom. The van der Waals surface area contributed by atoms with Gasteiger partial charge in [-0.2, -0.15) is 0 Å². The summed E-state index contributed by atoms with van der Waals surface area (Å²) >= 11 is 0. The third-order valence-corrected chi connectivity index (χ3v) is 6.68. The van der Waals surface area contributed by atoms with Crippen LogP contribution in [0.2, 0.25) is 0 Å². The number of carbonyl (C=O) groups excluding carboxylic acids is 1. The van der Waals surface area contributed by atoms with Crippen molar-refractivity contribution < 1.29 is 4.79 Å². The lowest BCUT2D eigenvalue weighted by molar-refractivity contribution is -0.127. The fraction of sp³-hybridized carbons (Fsp3) is 0.524. The summed E-state index contributed by atoms with van der Waals surface area (Å²) in [6.07, 6.45) is 9.58. The molecule has 2 N–H and O–H groups in total. The minimum Gasteiger partial charge on any atom is -0.349 e. The van der Waals surface area contributed by atoms with Crippen molar-refractivity contribution in [3.05, 3.63) is 41.9 Å². The standard InChI is InChI=1S/C21H25N3O/c22-18-5-6-24(19-4-2-1-3-17(18)19)13-20(25)23-21-10-14-7-15(11-21)9-16(8-14)12-21/h1-6,14-16,22H,7-13H2,(H,23,25). The molecule has 0 spiro atoms. The van der Waals surface area contributed by atoms with Crippen LogP contribution in [0, 0.1) is 23.2 Å². The first-order valence-electron chi connectivity index (χ1n) is 9.54. The average Bonchev–Trinajstić information content (AvgIpc) is 2.56. The van der Waals surface area contributed by atoms with Gasteiger partial charge >= 0.3 is 0 Å². The van der Waals surface area contributed by atoms with E-state index in [2.05, 4.69) is 5.32 Å². The van der Waals surface area contributed by atoms with Gasteiger partial charge in [-0.05, 0) is 68.4 Å². The van der Waals surface area contributed by atoms with Crippen molar-refractivity contribution in [1.82, 2.24) is 9.88 Å². The average molecular weight is 335 g/mol. The summed E-state index contributed by atoms with van der Waals surface area (Å²) in [4.78, 5) is 12.8. The maximum Gasteiger partial charge on any atom is 0.240 e. The molecule has 4 aliphatic rings. The van der Waals surface area contributed by atoms with Gasteiger partial charge < -0.3 is 15.3 Å². The molecule has 4 saturated carbocycles. The Labute approximate surface area is 147 Å². The van der Waals surface area contributed by atoms with Crippen molar-refractivity contribution in [2.75, 3.05) is 0 Å². The molecule has 130 valence electrons. The molecule has 0 aliphatic heterocycles. The van der Waals surface area contributed by atoms with Crippen LogP contribution in [0.25, 0.3) is 10.9 Å². The maximum atomic E-state index is 12.8. The van der Waals surface area contributed by atoms with Crippen LogP contribution in [0.4, 0.5) is 0 Å². The van der Waals surface area contributed by atoms with Gasteiger partial charge in [0.1, 0.15) is 6.54 Å². The molecule has 4 nitrogen and oxygen atoms in total. The summed E-state index contributed by atoms with van der Waals surface area (Å²) in [5.41, 5.74) is 1.02. The molecule has 1 aromatic heterocycles. The van der Waals surface area contributed by atoms with Crippen LogP contribution >= 0.6 is 0 Å². The van der Waals surface area contributed by atoms with E-state index in [1.807, 2.05) is 35.0 Å². The highest BCUT2D eigenvalue weighted by Crippen LogP contribution is 2.55. The molecule has 0 unspecified atom stereocenters. The van der Waals surface area contributed by atoms with E-state index in [1.54, 1.807) is 6.07 Å². The Kier molecular flexibility index (Phi) is 3.31. The maximum absolute atomic E-state index is 12.8. The Bertz CT molecular complexity index is 862. The first kappa shape index (κ1) is 15.2. The van der Waals surface area contributed by atoms with E-state index >= 15 is 0 Å². The molecule has 4 fully saturated rings. The van der Waals surface area contributed by atoms with Gasteiger partial charge in [-0.1, -0.05) is 18.2 Å². The molecule has 0 atom stereocenters. The topological polar surface area (TPSA) is 57.9 Å². The molecule has 4 aliphatic carbocycles. The predicted octanol–water partition coefficient (Wildman–Crippen LogP) is 3.21. The summed E-state index contributed by atoms with van der Waals surface area (Å²) in [5.74, 6) is 2.63. The highest BCUT2D eigenvalue weighted by molar-refractivity contribution is 5.82. The second-order valence-electron chi connectivity index (χ2n) is 8.62. The van der Waals surface area contributed by atoms with E-state index in [1.165, 1.54) is 38.5 Å². The SMILES string of the molecule is N=c1ccn(CC(=O)NC23CC4CC(CC(C4)C2)C3)c2ccccc12. The molecule has 6 rings (SSSR count). The third-order valence-electron chi connectivity index (χ3n) is 6.68. The molecular weight excluding hydrogens is 310 g/mol. The molecule has 1 aromatic carbocycles. The summed E-state index contributed by atoms with van der Waals surface area (Å²) in [5, 5.41) is 12.9. The van der Waals surface area contributed by atoms with Crippen molar-refractivity contribution in [3.63, 3.8) is 0 Å². The van der Waals surface area contributed by atoms with Crippen LogP contribution in [0.15, 0.2) is 36.5 Å². The smallest absolute Gasteiger partial charge is 0.240 e. The molecule has 0 radical (unpaired) electrons. The number of hydrogen-bond donors (Lipinski definition) is 2. The van der Waals surface area contributed by atoms with Crippen LogP contribution in [-0.2, 0) is 11.3 Å². The van der Waals surface area contributed by atoms with E-state index in [-0.39, 0.29) is 11.4 Å². The molecule has 4 heteroatoms. The van der Waals surface area contributed by atoms with Gasteiger partial charge in [0.15, 0.2) is 0 Å². The molecule has 4 bridgehead atoms. The fourth-order valence-electron chi connectivity index (χ4n) is 6.18. The summed E-state index contributed by atoms with van der Waals surface area (Å²) in [7, 11) is 0. The van der Waals surface area contributed by atoms with Gasteiger partial charge in [0.2, 0.25) is 5.91 Å². The number of amides is 1. The van der Waals surface area contributed by atoms with Crippen LogP contribution < -0.4 is 10.7 Å². The van der Waals surface area contributed by atoms with Gasteiger partial charge in [-0.15, -0.1) is 0 Å². The number of carbonyl (C=O) groups is 1. The van der Waals surface area contributed by atoms with Crippen molar-refractivity contribution in [3.8, 4) is 0 Å². The number of pyridine rings is 1. The lowest BCUT2D eigenvalue weighted by Gasteiger charge is -2.56. The number of benzene rings is 1. The van der Waals surface area contributed by atoms with E-state index < -0.39 is 0 Å². The Morgan fingerprint density at radius 1 is 1.08 bits per heavy atom. The van der Waals surface area contributed by atoms with Gasteiger partial charge in [-0.25, -0.2) is 0 Å². The highest BCUT2D eigenvalue weighted by atomic mass is 16.2. The number of hydrogen-bond acceptors (Lipinski definition) is 2. The molecule has 25 heavy (non-hydrogen) atoms. The van der Waals surface area contributed by atoms with Crippen LogP contribution in [0.3, 0.4) is 0 Å². The van der Waals surface area contributed by atoms with E-state index in [9.17, 15) is 4.79 Å². The van der Waals surface area contributed by atoms with Crippen LogP contribution in [-0.4, -0.2) is 16.0 Å². The normalized spacial score (nSPS) is 32.9. The van der Waals surface area contributed by atoms with Crippen molar-refractivity contribution in [2.45, 2.75) is 50.6 Å². The molecule has 1 heterocycles. The summed E-state index contributed by atoms with van der Waals surface area (Å²) in [6, 6.07) is 9.63.